The Labute approximate surface area is 197 Å². The molecule has 0 spiro atoms. The highest BCUT2D eigenvalue weighted by Crippen LogP contribution is 2.17. The van der Waals surface area contributed by atoms with Crippen LogP contribution in [0.15, 0.2) is 41.0 Å². The molecule has 12 heteroatoms. The molecular formula is C22H31FN6O5. The monoisotopic (exact) mass is 478 g/mol. The number of nitrogens with two attached hydrogens (primary N) is 2. The molecule has 5 N–H and O–H groups in total. The number of primary amides is 1. The summed E-state index contributed by atoms with van der Waals surface area (Å²) in [5.74, 6) is -1.93. The van der Waals surface area contributed by atoms with Crippen molar-refractivity contribution in [2.45, 2.75) is 25.4 Å². The van der Waals surface area contributed by atoms with Gasteiger partial charge in [-0.15, -0.1) is 0 Å². The fourth-order valence-corrected chi connectivity index (χ4v) is 3.41. The molecule has 0 aliphatic carbocycles. The number of rotatable bonds is 9. The van der Waals surface area contributed by atoms with Gasteiger partial charge < -0.3 is 36.1 Å². The predicted octanol–water partition coefficient (Wildman–Crippen LogP) is 0.477. The van der Waals surface area contributed by atoms with Crippen LogP contribution in [0.25, 0.3) is 0 Å². The summed E-state index contributed by atoms with van der Waals surface area (Å²) in [4.78, 5) is 43.3. The molecule has 1 aromatic rings. The van der Waals surface area contributed by atoms with Crippen LogP contribution in [-0.2, 0) is 19.1 Å². The van der Waals surface area contributed by atoms with Crippen LogP contribution in [0, 0.1) is 5.82 Å². The Morgan fingerprint density at radius 3 is 2.50 bits per heavy atom. The molecular weight excluding hydrogens is 447 g/mol. The normalized spacial score (nSPS) is 19.0. The third-order valence-corrected chi connectivity index (χ3v) is 5.18. The number of piperidine rings is 1. The van der Waals surface area contributed by atoms with E-state index < -0.39 is 30.4 Å². The Bertz CT molecular complexity index is 934. The van der Waals surface area contributed by atoms with E-state index in [1.807, 2.05) is 19.0 Å². The van der Waals surface area contributed by atoms with E-state index in [4.69, 9.17) is 20.9 Å². The van der Waals surface area contributed by atoms with Gasteiger partial charge in [0.1, 0.15) is 11.7 Å². The molecule has 1 saturated heterocycles. The van der Waals surface area contributed by atoms with Crippen molar-refractivity contribution in [3.8, 4) is 0 Å². The molecule has 2 atom stereocenters. The minimum absolute atomic E-state index is 0.0295. The summed E-state index contributed by atoms with van der Waals surface area (Å²) in [6, 6.07) is 5.00. The largest absolute Gasteiger partial charge is 0.463 e. The summed E-state index contributed by atoms with van der Waals surface area (Å²) in [5.41, 5.74) is 11.8. The first-order chi connectivity index (χ1) is 16.1. The molecule has 0 aromatic heterocycles. The zero-order chi connectivity index (χ0) is 25.3. The highest BCUT2D eigenvalue weighted by molar-refractivity contribution is 6.20. The number of amides is 2. The topological polar surface area (TPSA) is 153 Å². The maximum absolute atomic E-state index is 13.1. The second-order valence-electron chi connectivity index (χ2n) is 7.79. The van der Waals surface area contributed by atoms with Crippen LogP contribution in [0.1, 0.15) is 13.3 Å². The number of benzene rings is 1. The van der Waals surface area contributed by atoms with Gasteiger partial charge in [-0.2, -0.15) is 0 Å². The van der Waals surface area contributed by atoms with Gasteiger partial charge in [-0.25, -0.2) is 19.0 Å². The molecule has 1 heterocycles. The first kappa shape index (κ1) is 26.6. The number of nitrogens with zero attached hydrogens (tertiary/aromatic N) is 3. The standard InChI is InChI=1S/C22H31FN6O5/c1-4-33-19(30)13-34-22(32)29-10-9-17(18(12-29)28(2)3)26-11-16(21(25)31)20(24)27-15-7-5-14(23)6-8-15/h5-8,11,17-18,26H,4,9-10,12-13H2,1-3H3,(H2,24,27)(H2,25,31)/b16-11+/t17-,18-/m1/s1. The van der Waals surface area contributed by atoms with Crippen molar-refractivity contribution in [1.82, 2.24) is 15.1 Å². The highest BCUT2D eigenvalue weighted by atomic mass is 19.1. The number of carbonyl (C=O) groups excluding carboxylic acids is 3. The molecule has 34 heavy (non-hydrogen) atoms. The third kappa shape index (κ3) is 7.73. The first-order valence-corrected chi connectivity index (χ1v) is 10.7. The molecule has 1 fully saturated rings. The minimum atomic E-state index is -0.780. The average molecular weight is 479 g/mol. The number of esters is 1. The summed E-state index contributed by atoms with van der Waals surface area (Å²) >= 11 is 0. The smallest absolute Gasteiger partial charge is 0.410 e. The molecule has 11 nitrogen and oxygen atoms in total. The quantitative estimate of drug-likeness (QED) is 0.201. The number of likely N-dealkylation sites (tertiary alicyclic amines) is 1. The molecule has 186 valence electrons. The van der Waals surface area contributed by atoms with Gasteiger partial charge in [-0.3, -0.25) is 4.79 Å². The van der Waals surface area contributed by atoms with E-state index in [1.54, 1.807) is 6.92 Å². The number of amidine groups is 1. The van der Waals surface area contributed by atoms with Crippen molar-refractivity contribution in [1.29, 1.82) is 0 Å². The summed E-state index contributed by atoms with van der Waals surface area (Å²) in [7, 11) is 3.71. The first-order valence-electron chi connectivity index (χ1n) is 10.7. The Morgan fingerprint density at radius 2 is 1.91 bits per heavy atom. The lowest BCUT2D eigenvalue weighted by atomic mass is 9.98. The Balaban J connectivity index is 2.07. The lowest BCUT2D eigenvalue weighted by Gasteiger charge is -2.41. The van der Waals surface area contributed by atoms with E-state index in [0.29, 0.717) is 25.2 Å². The van der Waals surface area contributed by atoms with Gasteiger partial charge in [0.25, 0.3) is 5.91 Å². The third-order valence-electron chi connectivity index (χ3n) is 5.18. The van der Waals surface area contributed by atoms with Crippen molar-refractivity contribution in [2.24, 2.45) is 16.5 Å². The van der Waals surface area contributed by atoms with Crippen molar-refractivity contribution in [3.63, 3.8) is 0 Å². The van der Waals surface area contributed by atoms with Crippen LogP contribution >= 0.6 is 0 Å². The lowest BCUT2D eigenvalue weighted by Crippen LogP contribution is -2.58. The van der Waals surface area contributed by atoms with Crippen LogP contribution in [0.3, 0.4) is 0 Å². The predicted molar refractivity (Wildman–Crippen MR) is 124 cm³/mol. The molecule has 2 rings (SSSR count). The van der Waals surface area contributed by atoms with Crippen LogP contribution in [0.2, 0.25) is 0 Å². The summed E-state index contributed by atoms with van der Waals surface area (Å²) < 4.78 is 22.9. The zero-order valence-corrected chi connectivity index (χ0v) is 19.5. The maximum Gasteiger partial charge on any atom is 0.410 e. The summed E-state index contributed by atoms with van der Waals surface area (Å²) in [6.45, 7) is 2.11. The van der Waals surface area contributed by atoms with Crippen molar-refractivity contribution in [2.75, 3.05) is 40.4 Å². The van der Waals surface area contributed by atoms with Crippen molar-refractivity contribution in [3.05, 3.63) is 41.9 Å². The highest BCUT2D eigenvalue weighted by Gasteiger charge is 2.33. The second kappa shape index (κ2) is 12.5. The number of halogens is 1. The molecule has 0 bridgehead atoms. The van der Waals surface area contributed by atoms with Crippen LogP contribution in [0.4, 0.5) is 14.9 Å². The Kier molecular flexibility index (Phi) is 9.80. The van der Waals surface area contributed by atoms with E-state index in [9.17, 15) is 18.8 Å². The maximum atomic E-state index is 13.1. The van der Waals surface area contributed by atoms with E-state index in [1.165, 1.54) is 35.4 Å². The molecule has 2 amide bonds. The Hall–Kier alpha value is -3.67. The number of ether oxygens (including phenoxy) is 2. The minimum Gasteiger partial charge on any atom is -0.463 e. The number of carbonyl (C=O) groups is 3. The zero-order valence-electron chi connectivity index (χ0n) is 19.5. The molecule has 0 unspecified atom stereocenters. The average Bonchev–Trinajstić information content (AvgIpc) is 2.79. The van der Waals surface area contributed by atoms with Gasteiger partial charge >= 0.3 is 12.1 Å². The summed E-state index contributed by atoms with van der Waals surface area (Å²) in [5, 5.41) is 3.16. The fourth-order valence-electron chi connectivity index (χ4n) is 3.41. The van der Waals surface area contributed by atoms with Crippen LogP contribution in [0.5, 0.6) is 0 Å². The molecule has 1 aliphatic rings. The van der Waals surface area contributed by atoms with Gasteiger partial charge in [0.15, 0.2) is 6.61 Å². The van der Waals surface area contributed by atoms with Crippen LogP contribution in [-0.4, -0.2) is 86.1 Å². The van der Waals surface area contributed by atoms with Crippen LogP contribution < -0.4 is 16.8 Å². The molecule has 1 aromatic carbocycles. The van der Waals surface area contributed by atoms with Gasteiger partial charge in [-0.05, 0) is 51.7 Å². The molecule has 0 saturated carbocycles. The lowest BCUT2D eigenvalue weighted by molar-refractivity contribution is -0.146. The Morgan fingerprint density at radius 1 is 1.24 bits per heavy atom. The van der Waals surface area contributed by atoms with Gasteiger partial charge in [0.05, 0.1) is 17.9 Å². The molecule has 0 radical (unpaired) electrons. The number of nitrogens with one attached hydrogen (secondary N) is 1. The fraction of sp³-hybridized carbons (Fsp3) is 0.455. The number of hydrogen-bond acceptors (Lipinski definition) is 8. The number of hydrogen-bond donors (Lipinski definition) is 3. The molecule has 1 aliphatic heterocycles. The summed E-state index contributed by atoms with van der Waals surface area (Å²) in [6.07, 6.45) is 1.32. The van der Waals surface area contributed by atoms with Crippen molar-refractivity contribution >= 4 is 29.5 Å². The van der Waals surface area contributed by atoms with Gasteiger partial charge in [0, 0.05) is 31.4 Å². The number of aliphatic imine (C=N–C) groups is 1. The SMILES string of the molecule is CCOC(=O)COC(=O)N1CC[C@@H](N/C=C(/C(N)=O)C(N)=Nc2ccc(F)cc2)[C@H](N(C)C)C1. The van der Waals surface area contributed by atoms with E-state index in [-0.39, 0.29) is 30.1 Å². The van der Waals surface area contributed by atoms with Crippen molar-refractivity contribution < 1.29 is 28.2 Å². The van der Waals surface area contributed by atoms with Gasteiger partial charge in [-0.1, -0.05) is 0 Å². The number of likely N-dealkylation sites (N-methyl/N-ethyl adjacent to an activating group) is 1. The van der Waals surface area contributed by atoms with E-state index >= 15 is 0 Å². The second-order valence-corrected chi connectivity index (χ2v) is 7.79. The van der Waals surface area contributed by atoms with Gasteiger partial charge in [0.2, 0.25) is 0 Å². The van der Waals surface area contributed by atoms with E-state index in [0.717, 1.165) is 0 Å². The van der Waals surface area contributed by atoms with E-state index in [2.05, 4.69) is 10.3 Å².